The molecule has 0 aromatic carbocycles. The first-order chi connectivity index (χ1) is 5.56. The Hall–Kier alpha value is -0.270. The number of alkyl halides is 1. The van der Waals surface area contributed by atoms with Gasteiger partial charge in [-0.25, -0.2) is 0 Å². The molecule has 1 rings (SSSR count). The zero-order valence-electron chi connectivity index (χ0n) is 7.55. The van der Waals surface area contributed by atoms with E-state index in [4.69, 9.17) is 11.6 Å². The second kappa shape index (κ2) is 3.63. The average molecular weight is 187 g/mol. The zero-order valence-corrected chi connectivity index (χ0v) is 8.30. The van der Waals surface area contributed by atoms with Crippen LogP contribution in [0.4, 0.5) is 0 Å². The molecule has 0 unspecified atom stereocenters. The van der Waals surface area contributed by atoms with Crippen LogP contribution in [-0.4, -0.2) is 17.1 Å². The van der Waals surface area contributed by atoms with Crippen LogP contribution in [0.15, 0.2) is 23.8 Å². The number of rotatable bonds is 1. The zero-order chi connectivity index (χ0) is 9.19. The average Bonchev–Trinajstić information content (AvgIpc) is 1.97. The van der Waals surface area contributed by atoms with Crippen molar-refractivity contribution >= 4 is 11.6 Å². The van der Waals surface area contributed by atoms with Crippen molar-refractivity contribution in [1.82, 2.24) is 0 Å². The molecule has 0 aliphatic heterocycles. The van der Waals surface area contributed by atoms with Crippen molar-refractivity contribution in [2.45, 2.75) is 26.4 Å². The molecule has 0 aromatic rings. The summed E-state index contributed by atoms with van der Waals surface area (Å²) >= 11 is 5.59. The van der Waals surface area contributed by atoms with Gasteiger partial charge in [0.2, 0.25) is 0 Å². The van der Waals surface area contributed by atoms with Gasteiger partial charge >= 0.3 is 0 Å². The molecule has 0 bridgehead atoms. The van der Waals surface area contributed by atoms with Gasteiger partial charge in [-0.15, -0.1) is 11.6 Å². The van der Waals surface area contributed by atoms with Crippen molar-refractivity contribution in [3.8, 4) is 0 Å². The monoisotopic (exact) mass is 186 g/mol. The summed E-state index contributed by atoms with van der Waals surface area (Å²) in [6.07, 6.45) is 6.36. The lowest BCUT2D eigenvalue weighted by Crippen LogP contribution is -2.30. The van der Waals surface area contributed by atoms with E-state index in [0.29, 0.717) is 5.88 Å². The molecule has 0 amide bonds. The third kappa shape index (κ3) is 2.11. The lowest BCUT2D eigenvalue weighted by atomic mass is 9.76. The molecule has 0 fully saturated rings. The Morgan fingerprint density at radius 3 is 2.92 bits per heavy atom. The predicted octanol–water partition coefficient (Wildman–Crippen LogP) is 2.50. The van der Waals surface area contributed by atoms with Gasteiger partial charge in [-0.3, -0.25) is 0 Å². The van der Waals surface area contributed by atoms with Crippen molar-refractivity contribution in [3.63, 3.8) is 0 Å². The van der Waals surface area contributed by atoms with E-state index < -0.39 is 0 Å². The van der Waals surface area contributed by atoms with E-state index in [0.717, 1.165) is 6.42 Å². The summed E-state index contributed by atoms with van der Waals surface area (Å²) in [5.41, 5.74) is 1.17. The lowest BCUT2D eigenvalue weighted by Gasteiger charge is -2.32. The van der Waals surface area contributed by atoms with E-state index in [1.54, 1.807) is 0 Å². The minimum absolute atomic E-state index is 0.0490. The molecule has 1 aliphatic carbocycles. The fourth-order valence-electron chi connectivity index (χ4n) is 1.40. The van der Waals surface area contributed by atoms with Crippen molar-refractivity contribution in [2.24, 2.45) is 5.41 Å². The predicted molar refractivity (Wildman–Crippen MR) is 52.3 cm³/mol. The van der Waals surface area contributed by atoms with Crippen LogP contribution >= 0.6 is 11.6 Å². The van der Waals surface area contributed by atoms with Gasteiger partial charge in [-0.1, -0.05) is 37.6 Å². The summed E-state index contributed by atoms with van der Waals surface area (Å²) < 4.78 is 0. The third-order valence-electron chi connectivity index (χ3n) is 2.29. The van der Waals surface area contributed by atoms with Crippen LogP contribution in [0.25, 0.3) is 0 Å². The van der Waals surface area contributed by atoms with Crippen LogP contribution in [0.1, 0.15) is 20.3 Å². The van der Waals surface area contributed by atoms with Crippen LogP contribution in [0.5, 0.6) is 0 Å². The maximum absolute atomic E-state index is 9.58. The molecular formula is C10H15ClO. The molecule has 12 heavy (non-hydrogen) atoms. The molecule has 1 atom stereocenters. The highest BCUT2D eigenvalue weighted by molar-refractivity contribution is 6.18. The highest BCUT2D eigenvalue weighted by atomic mass is 35.5. The van der Waals surface area contributed by atoms with Crippen LogP contribution < -0.4 is 0 Å². The topological polar surface area (TPSA) is 20.2 Å². The first-order valence-corrected chi connectivity index (χ1v) is 4.71. The van der Waals surface area contributed by atoms with Crippen molar-refractivity contribution in [3.05, 3.63) is 23.8 Å². The van der Waals surface area contributed by atoms with Crippen LogP contribution in [0.2, 0.25) is 0 Å². The second-order valence-corrected chi connectivity index (χ2v) is 4.21. The van der Waals surface area contributed by atoms with Crippen LogP contribution in [-0.2, 0) is 0 Å². The van der Waals surface area contributed by atoms with Gasteiger partial charge in [0, 0.05) is 5.88 Å². The highest BCUT2D eigenvalue weighted by Gasteiger charge is 2.29. The van der Waals surface area contributed by atoms with Gasteiger partial charge in [0.05, 0.1) is 6.10 Å². The summed E-state index contributed by atoms with van der Waals surface area (Å²) in [5, 5.41) is 9.58. The molecule has 1 aliphatic rings. The Kier molecular flexibility index (Phi) is 2.97. The maximum Gasteiger partial charge on any atom is 0.0778 e. The minimum atomic E-state index is -0.329. The fourth-order valence-corrected chi connectivity index (χ4v) is 1.60. The summed E-state index contributed by atoms with van der Waals surface area (Å²) in [4.78, 5) is 0. The normalized spacial score (nSPS) is 31.0. The molecule has 1 N–H and O–H groups in total. The van der Waals surface area contributed by atoms with E-state index in [-0.39, 0.29) is 11.5 Å². The van der Waals surface area contributed by atoms with E-state index in [9.17, 15) is 5.11 Å². The minimum Gasteiger partial charge on any atom is -0.388 e. The SMILES string of the molecule is CC1(C)C/C(=C\CCl)C=C[C@H]1O. The lowest BCUT2D eigenvalue weighted by molar-refractivity contribution is 0.0870. The van der Waals surface area contributed by atoms with E-state index in [2.05, 4.69) is 13.8 Å². The Morgan fingerprint density at radius 1 is 1.75 bits per heavy atom. The van der Waals surface area contributed by atoms with Gasteiger partial charge in [0.1, 0.15) is 0 Å². The number of hydrogen-bond acceptors (Lipinski definition) is 1. The summed E-state index contributed by atoms with van der Waals surface area (Å²) in [6, 6.07) is 0. The van der Waals surface area contributed by atoms with Crippen molar-refractivity contribution in [2.75, 3.05) is 5.88 Å². The Balaban J connectivity index is 2.79. The first-order valence-electron chi connectivity index (χ1n) is 4.17. The van der Waals surface area contributed by atoms with Crippen LogP contribution in [0, 0.1) is 5.41 Å². The first kappa shape index (κ1) is 9.82. The molecule has 68 valence electrons. The summed E-state index contributed by atoms with van der Waals surface area (Å²) in [6.45, 7) is 4.12. The van der Waals surface area contributed by atoms with Gasteiger partial charge in [0.25, 0.3) is 0 Å². The molecule has 0 spiro atoms. The highest BCUT2D eigenvalue weighted by Crippen LogP contribution is 2.34. The summed E-state index contributed by atoms with van der Waals surface area (Å²) in [7, 11) is 0. The van der Waals surface area contributed by atoms with Crippen molar-refractivity contribution < 1.29 is 5.11 Å². The van der Waals surface area contributed by atoms with Gasteiger partial charge in [0.15, 0.2) is 0 Å². The van der Waals surface area contributed by atoms with Gasteiger partial charge in [-0.05, 0) is 11.8 Å². The number of aliphatic hydroxyl groups excluding tert-OH is 1. The fraction of sp³-hybridized carbons (Fsp3) is 0.600. The summed E-state index contributed by atoms with van der Waals surface area (Å²) in [5.74, 6) is 0.547. The quantitative estimate of drug-likeness (QED) is 0.624. The Labute approximate surface area is 78.7 Å². The standard InChI is InChI=1S/C10H15ClO/c1-10(2)7-8(5-6-11)3-4-9(10)12/h3-5,9,12H,6-7H2,1-2H3/b8-5-/t9-/m1/s1. The van der Waals surface area contributed by atoms with E-state index in [1.165, 1.54) is 5.57 Å². The number of hydrogen-bond donors (Lipinski definition) is 1. The molecule has 0 radical (unpaired) electrons. The number of aliphatic hydroxyl groups is 1. The molecule has 1 nitrogen and oxygen atoms in total. The van der Waals surface area contributed by atoms with Gasteiger partial charge in [-0.2, -0.15) is 0 Å². The van der Waals surface area contributed by atoms with Crippen LogP contribution in [0.3, 0.4) is 0 Å². The van der Waals surface area contributed by atoms with Gasteiger partial charge < -0.3 is 5.11 Å². The Bertz CT molecular complexity index is 216. The molecule has 0 aromatic heterocycles. The largest absolute Gasteiger partial charge is 0.388 e. The number of halogens is 1. The molecular weight excluding hydrogens is 172 g/mol. The maximum atomic E-state index is 9.58. The number of allylic oxidation sites excluding steroid dienone is 3. The molecule has 0 saturated carbocycles. The van der Waals surface area contributed by atoms with E-state index in [1.807, 2.05) is 18.2 Å². The Morgan fingerprint density at radius 2 is 2.42 bits per heavy atom. The molecule has 0 saturated heterocycles. The second-order valence-electron chi connectivity index (χ2n) is 3.90. The third-order valence-corrected chi connectivity index (χ3v) is 2.45. The smallest absolute Gasteiger partial charge is 0.0778 e. The van der Waals surface area contributed by atoms with Crippen molar-refractivity contribution in [1.29, 1.82) is 0 Å². The molecule has 2 heteroatoms. The molecule has 0 heterocycles. The van der Waals surface area contributed by atoms with E-state index >= 15 is 0 Å².